The lowest BCUT2D eigenvalue weighted by molar-refractivity contribution is 0.419. The molecule has 0 spiro atoms. The monoisotopic (exact) mass is 237 g/mol. The molecule has 0 aliphatic heterocycles. The van der Waals surface area contributed by atoms with Gasteiger partial charge < -0.3 is 9.72 Å². The van der Waals surface area contributed by atoms with Gasteiger partial charge >= 0.3 is 0 Å². The number of hydrogen-bond acceptors (Lipinski definition) is 1. The number of aromatic nitrogens is 1. The highest BCUT2D eigenvalue weighted by atomic mass is 16.5. The van der Waals surface area contributed by atoms with Gasteiger partial charge in [-0.15, -0.1) is 0 Å². The number of para-hydroxylation sites is 1. The fraction of sp³-hybridized carbons (Fsp3) is 0.125. The molecule has 2 heteroatoms. The van der Waals surface area contributed by atoms with E-state index in [0.717, 1.165) is 17.7 Å². The molecular weight excluding hydrogens is 222 g/mol. The first-order chi connectivity index (χ1) is 8.86. The van der Waals surface area contributed by atoms with Crippen LogP contribution in [0.3, 0.4) is 0 Å². The van der Waals surface area contributed by atoms with Gasteiger partial charge in [0, 0.05) is 17.5 Å². The Morgan fingerprint density at radius 2 is 1.83 bits per heavy atom. The van der Waals surface area contributed by atoms with Crippen LogP contribution in [0, 0.1) is 0 Å². The first kappa shape index (κ1) is 10.9. The molecule has 0 amide bonds. The maximum atomic E-state index is 5.36. The highest BCUT2D eigenvalue weighted by molar-refractivity contribution is 5.86. The topological polar surface area (TPSA) is 25.0 Å². The molecule has 1 aromatic heterocycles. The Hall–Kier alpha value is -2.22. The predicted molar refractivity (Wildman–Crippen MR) is 74.1 cm³/mol. The molecule has 1 heterocycles. The van der Waals surface area contributed by atoms with Crippen molar-refractivity contribution in [3.63, 3.8) is 0 Å². The van der Waals surface area contributed by atoms with E-state index >= 15 is 0 Å². The minimum absolute atomic E-state index is 0.895. The molecule has 90 valence electrons. The van der Waals surface area contributed by atoms with Crippen LogP contribution in [0.15, 0.2) is 54.6 Å². The molecule has 0 fully saturated rings. The summed E-state index contributed by atoms with van der Waals surface area (Å²) in [5.74, 6) is 0.895. The summed E-state index contributed by atoms with van der Waals surface area (Å²) >= 11 is 0. The number of nitrogens with one attached hydrogen (secondary N) is 1. The van der Waals surface area contributed by atoms with Crippen LogP contribution >= 0.6 is 0 Å². The summed E-state index contributed by atoms with van der Waals surface area (Å²) < 4.78 is 5.36. The highest BCUT2D eigenvalue weighted by Gasteiger charge is 2.05. The summed E-state index contributed by atoms with van der Waals surface area (Å²) in [7, 11) is 1.70. The molecule has 2 nitrogen and oxygen atoms in total. The molecule has 1 N–H and O–H groups in total. The van der Waals surface area contributed by atoms with E-state index in [1.807, 2.05) is 18.2 Å². The van der Waals surface area contributed by atoms with Gasteiger partial charge in [0.1, 0.15) is 5.75 Å². The van der Waals surface area contributed by atoms with Gasteiger partial charge in [-0.2, -0.15) is 0 Å². The normalized spacial score (nSPS) is 10.7. The third-order valence-corrected chi connectivity index (χ3v) is 3.13. The molecule has 18 heavy (non-hydrogen) atoms. The Morgan fingerprint density at radius 1 is 1.00 bits per heavy atom. The van der Waals surface area contributed by atoms with Crippen molar-refractivity contribution in [2.24, 2.45) is 0 Å². The van der Waals surface area contributed by atoms with Crippen LogP contribution in [-0.4, -0.2) is 12.1 Å². The Bertz CT molecular complexity index is 655. The fourth-order valence-corrected chi connectivity index (χ4v) is 2.27. The SMILES string of the molecule is COc1cccc2cc(Cc3ccccc3)[nH]c12. The highest BCUT2D eigenvalue weighted by Crippen LogP contribution is 2.26. The average Bonchev–Trinajstić information content (AvgIpc) is 2.82. The Kier molecular flexibility index (Phi) is 2.77. The lowest BCUT2D eigenvalue weighted by atomic mass is 10.1. The number of H-pyrrole nitrogens is 1. The predicted octanol–water partition coefficient (Wildman–Crippen LogP) is 3.77. The van der Waals surface area contributed by atoms with Crippen molar-refractivity contribution >= 4 is 10.9 Å². The number of hydrogen-bond donors (Lipinski definition) is 1. The lowest BCUT2D eigenvalue weighted by Gasteiger charge is -2.00. The zero-order valence-corrected chi connectivity index (χ0v) is 10.3. The van der Waals surface area contributed by atoms with E-state index in [1.165, 1.54) is 16.6 Å². The van der Waals surface area contributed by atoms with Crippen molar-refractivity contribution in [2.75, 3.05) is 7.11 Å². The van der Waals surface area contributed by atoms with E-state index < -0.39 is 0 Å². The van der Waals surface area contributed by atoms with E-state index in [-0.39, 0.29) is 0 Å². The zero-order valence-electron chi connectivity index (χ0n) is 10.3. The number of rotatable bonds is 3. The van der Waals surface area contributed by atoms with Gasteiger partial charge in [-0.3, -0.25) is 0 Å². The van der Waals surface area contributed by atoms with Crippen LogP contribution in [0.5, 0.6) is 5.75 Å². The lowest BCUT2D eigenvalue weighted by Crippen LogP contribution is -1.87. The zero-order chi connectivity index (χ0) is 12.4. The Labute approximate surface area is 106 Å². The van der Waals surface area contributed by atoms with Crippen molar-refractivity contribution in [1.82, 2.24) is 4.98 Å². The van der Waals surface area contributed by atoms with E-state index in [9.17, 15) is 0 Å². The van der Waals surface area contributed by atoms with E-state index in [1.54, 1.807) is 7.11 Å². The van der Waals surface area contributed by atoms with Gasteiger partial charge in [-0.05, 0) is 17.7 Å². The van der Waals surface area contributed by atoms with Gasteiger partial charge in [-0.25, -0.2) is 0 Å². The number of benzene rings is 2. The summed E-state index contributed by atoms with van der Waals surface area (Å²) in [5, 5.41) is 1.19. The summed E-state index contributed by atoms with van der Waals surface area (Å²) in [6.07, 6.45) is 0.915. The second-order valence-corrected chi connectivity index (χ2v) is 4.38. The van der Waals surface area contributed by atoms with Crippen molar-refractivity contribution < 1.29 is 4.74 Å². The van der Waals surface area contributed by atoms with Gasteiger partial charge in [0.15, 0.2) is 0 Å². The van der Waals surface area contributed by atoms with Crippen LogP contribution in [-0.2, 0) is 6.42 Å². The molecule has 0 bridgehead atoms. The van der Waals surface area contributed by atoms with Crippen LogP contribution in [0.4, 0.5) is 0 Å². The molecule has 0 saturated heterocycles. The molecule has 2 aromatic carbocycles. The van der Waals surface area contributed by atoms with Crippen molar-refractivity contribution in [3.05, 3.63) is 65.9 Å². The van der Waals surface area contributed by atoms with E-state index in [4.69, 9.17) is 4.74 Å². The average molecular weight is 237 g/mol. The minimum atomic E-state index is 0.895. The summed E-state index contributed by atoms with van der Waals surface area (Å²) in [5.41, 5.74) is 3.59. The Morgan fingerprint density at radius 3 is 2.61 bits per heavy atom. The van der Waals surface area contributed by atoms with Gasteiger partial charge in [0.2, 0.25) is 0 Å². The number of aromatic amines is 1. The van der Waals surface area contributed by atoms with Gasteiger partial charge in [-0.1, -0.05) is 42.5 Å². The molecule has 0 aliphatic rings. The quantitative estimate of drug-likeness (QED) is 0.737. The van der Waals surface area contributed by atoms with Crippen LogP contribution in [0.2, 0.25) is 0 Å². The third kappa shape index (κ3) is 1.97. The molecular formula is C16H15NO. The second kappa shape index (κ2) is 4.57. The molecule has 3 aromatic rings. The third-order valence-electron chi connectivity index (χ3n) is 3.13. The number of methoxy groups -OCH3 is 1. The van der Waals surface area contributed by atoms with Crippen molar-refractivity contribution in [1.29, 1.82) is 0 Å². The maximum Gasteiger partial charge on any atom is 0.142 e. The van der Waals surface area contributed by atoms with Crippen molar-refractivity contribution in [2.45, 2.75) is 6.42 Å². The van der Waals surface area contributed by atoms with Gasteiger partial charge in [0.25, 0.3) is 0 Å². The number of fused-ring (bicyclic) bond motifs is 1. The molecule has 0 unspecified atom stereocenters. The standard InChI is InChI=1S/C16H15NO/c1-18-15-9-5-8-13-11-14(17-16(13)15)10-12-6-3-2-4-7-12/h2-9,11,17H,10H2,1H3. The maximum absolute atomic E-state index is 5.36. The summed E-state index contributed by atoms with van der Waals surface area (Å²) in [4.78, 5) is 3.44. The Balaban J connectivity index is 1.99. The molecule has 0 atom stereocenters. The molecule has 0 saturated carbocycles. The molecule has 3 rings (SSSR count). The largest absolute Gasteiger partial charge is 0.495 e. The van der Waals surface area contributed by atoms with Crippen LogP contribution in [0.25, 0.3) is 10.9 Å². The van der Waals surface area contributed by atoms with Crippen LogP contribution in [0.1, 0.15) is 11.3 Å². The first-order valence-electron chi connectivity index (χ1n) is 6.05. The summed E-state index contributed by atoms with van der Waals surface area (Å²) in [6, 6.07) is 18.7. The first-order valence-corrected chi connectivity index (χ1v) is 6.05. The number of ether oxygens (including phenoxy) is 1. The second-order valence-electron chi connectivity index (χ2n) is 4.38. The van der Waals surface area contributed by atoms with Crippen molar-refractivity contribution in [3.8, 4) is 5.75 Å². The van der Waals surface area contributed by atoms with E-state index in [2.05, 4.69) is 41.4 Å². The van der Waals surface area contributed by atoms with Gasteiger partial charge in [0.05, 0.1) is 12.6 Å². The fourth-order valence-electron chi connectivity index (χ4n) is 2.27. The van der Waals surface area contributed by atoms with Crippen LogP contribution < -0.4 is 4.74 Å². The summed E-state index contributed by atoms with van der Waals surface area (Å²) in [6.45, 7) is 0. The van der Waals surface area contributed by atoms with E-state index in [0.29, 0.717) is 0 Å². The minimum Gasteiger partial charge on any atom is -0.495 e. The molecule has 0 aliphatic carbocycles. The smallest absolute Gasteiger partial charge is 0.142 e. The molecule has 0 radical (unpaired) electrons.